The number of para-hydroxylation sites is 1. The fourth-order valence-electron chi connectivity index (χ4n) is 4.59. The maximum atomic E-state index is 5.21. The van der Waals surface area contributed by atoms with Gasteiger partial charge in [-0.1, -0.05) is 110 Å². The second-order valence-corrected chi connectivity index (χ2v) is 9.16. The minimum Gasteiger partial charge on any atom is -0.250 e. The predicted octanol–water partition coefficient (Wildman–Crippen LogP) is 7.91. The van der Waals surface area contributed by atoms with Gasteiger partial charge in [-0.05, 0) is 35.3 Å². The number of benzene rings is 3. The third-order valence-corrected chi connectivity index (χ3v) is 7.41. The number of rotatable bonds is 4. The fourth-order valence-corrected chi connectivity index (χ4v) is 5.60. The zero-order valence-corrected chi connectivity index (χ0v) is 18.1. The topological polar surface area (TPSA) is 12.4 Å². The molecule has 1 aliphatic heterocycles. The van der Waals surface area contributed by atoms with Crippen molar-refractivity contribution < 1.29 is 0 Å². The molecule has 148 valence electrons. The van der Waals surface area contributed by atoms with E-state index in [0.29, 0.717) is 11.8 Å². The fraction of sp³-hybridized carbons (Fsp3) is 0.179. The number of thioether (sulfide) groups is 1. The highest BCUT2D eigenvalue weighted by Crippen LogP contribution is 2.49. The van der Waals surface area contributed by atoms with E-state index in [9.17, 15) is 0 Å². The quantitative estimate of drug-likeness (QED) is 0.428. The Hall–Kier alpha value is -2.84. The van der Waals surface area contributed by atoms with E-state index in [0.717, 1.165) is 5.69 Å². The average molecular weight is 408 g/mol. The number of hydrogen-bond donors (Lipinski definition) is 0. The van der Waals surface area contributed by atoms with Crippen LogP contribution in [0.5, 0.6) is 0 Å². The van der Waals surface area contributed by atoms with Crippen molar-refractivity contribution in [2.45, 2.75) is 30.6 Å². The van der Waals surface area contributed by atoms with Crippen LogP contribution < -0.4 is 0 Å². The molecule has 1 aliphatic carbocycles. The van der Waals surface area contributed by atoms with Gasteiger partial charge >= 0.3 is 0 Å². The molecule has 0 N–H and O–H groups in total. The number of fused-ring (bicyclic) bond motifs is 2. The maximum absolute atomic E-state index is 5.21. The third kappa shape index (κ3) is 3.46. The number of nitrogens with zero attached hydrogens (tertiary/aromatic N) is 1. The van der Waals surface area contributed by atoms with Gasteiger partial charge in [-0.15, -0.1) is 0 Å². The lowest BCUT2D eigenvalue weighted by atomic mass is 9.71. The third-order valence-electron chi connectivity index (χ3n) is 6.28. The van der Waals surface area contributed by atoms with Crippen molar-refractivity contribution in [3.63, 3.8) is 0 Å². The van der Waals surface area contributed by atoms with Crippen LogP contribution in [0.3, 0.4) is 0 Å². The van der Waals surface area contributed by atoms with Gasteiger partial charge in [-0.2, -0.15) is 0 Å². The smallest absolute Gasteiger partial charge is 0.0773 e. The highest BCUT2D eigenvalue weighted by Gasteiger charge is 2.36. The summed E-state index contributed by atoms with van der Waals surface area (Å²) in [6, 6.07) is 30.2. The molecule has 0 saturated carbocycles. The summed E-state index contributed by atoms with van der Waals surface area (Å²) < 4.78 is 0. The molecule has 0 fully saturated rings. The number of hydrogen-bond acceptors (Lipinski definition) is 2. The van der Waals surface area contributed by atoms with Crippen molar-refractivity contribution in [2.24, 2.45) is 10.9 Å². The molecule has 3 aromatic carbocycles. The number of allylic oxidation sites excluding steroid dienone is 4. The molecule has 1 heterocycles. The monoisotopic (exact) mass is 407 g/mol. The molecule has 0 radical (unpaired) electrons. The molecule has 0 aromatic heterocycles. The lowest BCUT2D eigenvalue weighted by Gasteiger charge is -2.36. The van der Waals surface area contributed by atoms with Crippen molar-refractivity contribution >= 4 is 23.2 Å². The molecular weight excluding hydrogens is 382 g/mol. The van der Waals surface area contributed by atoms with Crippen LogP contribution in [0.4, 0.5) is 5.69 Å². The largest absolute Gasteiger partial charge is 0.250 e. The second kappa shape index (κ2) is 8.12. The first kappa shape index (κ1) is 19.1. The van der Waals surface area contributed by atoms with Crippen LogP contribution >= 0.6 is 11.8 Å². The van der Waals surface area contributed by atoms with Crippen LogP contribution in [0.15, 0.2) is 117 Å². The van der Waals surface area contributed by atoms with Crippen molar-refractivity contribution in [1.29, 1.82) is 0 Å². The molecule has 0 spiro atoms. The Kier molecular flexibility index (Phi) is 5.18. The molecule has 3 atom stereocenters. The summed E-state index contributed by atoms with van der Waals surface area (Å²) in [5.74, 6) is 0.936. The van der Waals surface area contributed by atoms with Crippen molar-refractivity contribution in [2.75, 3.05) is 0 Å². The van der Waals surface area contributed by atoms with Crippen LogP contribution in [-0.4, -0.2) is 5.71 Å². The summed E-state index contributed by atoms with van der Waals surface area (Å²) >= 11 is 1.85. The van der Waals surface area contributed by atoms with E-state index < -0.39 is 0 Å². The van der Waals surface area contributed by atoms with Crippen LogP contribution in [0.25, 0.3) is 0 Å². The molecule has 5 rings (SSSR count). The highest BCUT2D eigenvalue weighted by molar-refractivity contribution is 8.04. The Morgan fingerprint density at radius 3 is 2.10 bits per heavy atom. The summed E-state index contributed by atoms with van der Waals surface area (Å²) in [4.78, 5) is 7.73. The highest BCUT2D eigenvalue weighted by atomic mass is 32.2. The van der Waals surface area contributed by atoms with Gasteiger partial charge < -0.3 is 0 Å². The summed E-state index contributed by atoms with van der Waals surface area (Å²) in [6.45, 7) is 4.68. The number of aliphatic imine (C=N–C) groups is 1. The molecule has 0 bridgehead atoms. The van der Waals surface area contributed by atoms with E-state index in [1.165, 1.54) is 32.2 Å². The van der Waals surface area contributed by atoms with Gasteiger partial charge in [-0.3, -0.25) is 4.99 Å². The van der Waals surface area contributed by atoms with E-state index in [2.05, 4.69) is 111 Å². The average Bonchev–Trinajstić information content (AvgIpc) is 2.82. The van der Waals surface area contributed by atoms with E-state index in [1.54, 1.807) is 0 Å². The van der Waals surface area contributed by atoms with Crippen LogP contribution in [0.1, 0.15) is 36.8 Å². The van der Waals surface area contributed by atoms with E-state index >= 15 is 0 Å². The zero-order chi connectivity index (χ0) is 20.5. The van der Waals surface area contributed by atoms with Gasteiger partial charge in [0, 0.05) is 21.6 Å². The minimum atomic E-state index is 0.253. The first-order valence-corrected chi connectivity index (χ1v) is 11.4. The lowest BCUT2D eigenvalue weighted by Crippen LogP contribution is -2.29. The first-order valence-electron chi connectivity index (χ1n) is 10.6. The lowest BCUT2D eigenvalue weighted by molar-refractivity contribution is 0.605. The van der Waals surface area contributed by atoms with E-state index in [1.807, 2.05) is 11.8 Å². The van der Waals surface area contributed by atoms with Crippen LogP contribution in [0.2, 0.25) is 0 Å². The molecule has 2 heteroatoms. The Labute approximate surface area is 183 Å². The Bertz CT molecular complexity index is 1140. The van der Waals surface area contributed by atoms with E-state index in [4.69, 9.17) is 4.99 Å². The van der Waals surface area contributed by atoms with Gasteiger partial charge in [0.25, 0.3) is 0 Å². The van der Waals surface area contributed by atoms with E-state index in [-0.39, 0.29) is 5.92 Å². The molecular formula is C28H25NS. The summed E-state index contributed by atoms with van der Waals surface area (Å²) in [6.07, 6.45) is 4.64. The van der Waals surface area contributed by atoms with Gasteiger partial charge in [0.05, 0.1) is 11.4 Å². The first-order chi connectivity index (χ1) is 14.7. The van der Waals surface area contributed by atoms with Gasteiger partial charge in [-0.25, -0.2) is 0 Å². The normalized spacial score (nSPS) is 19.5. The summed E-state index contributed by atoms with van der Waals surface area (Å²) in [5, 5.41) is 0. The Morgan fingerprint density at radius 1 is 0.733 bits per heavy atom. The predicted molar refractivity (Wildman–Crippen MR) is 129 cm³/mol. The van der Waals surface area contributed by atoms with Gasteiger partial charge in [0.2, 0.25) is 0 Å². The Morgan fingerprint density at radius 2 is 1.37 bits per heavy atom. The van der Waals surface area contributed by atoms with Crippen LogP contribution in [-0.2, 0) is 0 Å². The molecule has 3 unspecified atom stereocenters. The maximum Gasteiger partial charge on any atom is 0.0773 e. The molecule has 0 amide bonds. The van der Waals surface area contributed by atoms with Crippen LogP contribution in [0, 0.1) is 5.92 Å². The van der Waals surface area contributed by atoms with Crippen molar-refractivity contribution in [3.05, 3.63) is 119 Å². The SMILES string of the molecule is CC(C1=CC=C2Sc3ccccc3N=C2C1C(C)c1ccccc1)c1ccccc1. The second-order valence-electron chi connectivity index (χ2n) is 8.07. The summed E-state index contributed by atoms with van der Waals surface area (Å²) in [5.41, 5.74) is 6.47. The molecule has 30 heavy (non-hydrogen) atoms. The zero-order valence-electron chi connectivity index (χ0n) is 17.3. The standard InChI is InChI=1S/C28H25NS/c1-19(21-11-5-3-6-12-21)23-17-18-26-28(29-24-15-9-10-16-25(24)30-26)27(23)20(2)22-13-7-4-8-14-22/h3-20,27H,1-2H3. The van der Waals surface area contributed by atoms with Crippen molar-refractivity contribution in [3.8, 4) is 0 Å². The van der Waals surface area contributed by atoms with Gasteiger partial charge in [0.1, 0.15) is 0 Å². The molecule has 1 nitrogen and oxygen atoms in total. The molecule has 0 saturated heterocycles. The summed E-state index contributed by atoms with van der Waals surface area (Å²) in [7, 11) is 0. The molecule has 2 aliphatic rings. The minimum absolute atomic E-state index is 0.253. The van der Waals surface area contributed by atoms with Crippen molar-refractivity contribution in [1.82, 2.24) is 0 Å². The van der Waals surface area contributed by atoms with Gasteiger partial charge in [0.15, 0.2) is 0 Å². The molecule has 3 aromatic rings. The Balaban J connectivity index is 1.63.